The van der Waals surface area contributed by atoms with E-state index in [9.17, 15) is 4.39 Å². The van der Waals surface area contributed by atoms with Crippen LogP contribution in [0, 0.1) is 5.82 Å². The van der Waals surface area contributed by atoms with Gasteiger partial charge >= 0.3 is 0 Å². The molecule has 78 valence electrons. The van der Waals surface area contributed by atoms with Gasteiger partial charge in [-0.15, -0.1) is 0 Å². The standard InChI is InChI=1S/C10H13ClFNO/c1-14-7-5-9(11)8(3-2-4-13)10(12)6-7/h5-6H,2-4,13H2,1H3. The molecule has 0 saturated carbocycles. The van der Waals surface area contributed by atoms with Crippen LogP contribution in [0.3, 0.4) is 0 Å². The highest BCUT2D eigenvalue weighted by Crippen LogP contribution is 2.26. The van der Waals surface area contributed by atoms with Gasteiger partial charge in [-0.3, -0.25) is 0 Å². The van der Waals surface area contributed by atoms with Gasteiger partial charge in [0.05, 0.1) is 12.1 Å². The molecule has 14 heavy (non-hydrogen) atoms. The minimum atomic E-state index is -0.331. The van der Waals surface area contributed by atoms with E-state index in [-0.39, 0.29) is 5.82 Å². The number of hydrogen-bond donors (Lipinski definition) is 1. The Hall–Kier alpha value is -0.800. The van der Waals surface area contributed by atoms with Gasteiger partial charge in [-0.2, -0.15) is 0 Å². The normalized spacial score (nSPS) is 10.3. The van der Waals surface area contributed by atoms with E-state index in [1.807, 2.05) is 0 Å². The van der Waals surface area contributed by atoms with Gasteiger partial charge < -0.3 is 10.5 Å². The van der Waals surface area contributed by atoms with Gasteiger partial charge in [0.25, 0.3) is 0 Å². The van der Waals surface area contributed by atoms with Crippen molar-refractivity contribution in [2.45, 2.75) is 12.8 Å². The van der Waals surface area contributed by atoms with E-state index < -0.39 is 0 Å². The van der Waals surface area contributed by atoms with E-state index >= 15 is 0 Å². The molecule has 0 fully saturated rings. The van der Waals surface area contributed by atoms with Crippen LogP contribution in [0.25, 0.3) is 0 Å². The Balaban J connectivity index is 2.93. The van der Waals surface area contributed by atoms with Crippen LogP contribution in [0.15, 0.2) is 12.1 Å². The van der Waals surface area contributed by atoms with Crippen molar-refractivity contribution < 1.29 is 9.13 Å². The monoisotopic (exact) mass is 217 g/mol. The molecule has 0 bridgehead atoms. The minimum Gasteiger partial charge on any atom is -0.497 e. The molecule has 0 aromatic heterocycles. The lowest BCUT2D eigenvalue weighted by molar-refractivity contribution is 0.410. The highest BCUT2D eigenvalue weighted by molar-refractivity contribution is 6.31. The van der Waals surface area contributed by atoms with Gasteiger partial charge in [-0.05, 0) is 25.5 Å². The zero-order valence-corrected chi connectivity index (χ0v) is 8.77. The summed E-state index contributed by atoms with van der Waals surface area (Å²) in [7, 11) is 1.48. The van der Waals surface area contributed by atoms with Crippen molar-refractivity contribution in [3.63, 3.8) is 0 Å². The van der Waals surface area contributed by atoms with Crippen molar-refractivity contribution in [2.24, 2.45) is 5.73 Å². The molecule has 1 aromatic carbocycles. The Morgan fingerprint density at radius 3 is 2.71 bits per heavy atom. The summed E-state index contributed by atoms with van der Waals surface area (Å²) >= 11 is 5.89. The first-order valence-corrected chi connectivity index (χ1v) is 4.78. The lowest BCUT2D eigenvalue weighted by atomic mass is 10.1. The number of rotatable bonds is 4. The molecule has 2 nitrogen and oxygen atoms in total. The average molecular weight is 218 g/mol. The molecule has 0 spiro atoms. The van der Waals surface area contributed by atoms with Crippen LogP contribution in [-0.2, 0) is 6.42 Å². The van der Waals surface area contributed by atoms with Crippen molar-refractivity contribution in [3.8, 4) is 5.75 Å². The third kappa shape index (κ3) is 2.59. The second-order valence-electron chi connectivity index (χ2n) is 2.96. The molecule has 0 saturated heterocycles. The summed E-state index contributed by atoms with van der Waals surface area (Å²) in [5.41, 5.74) is 5.85. The summed E-state index contributed by atoms with van der Waals surface area (Å²) in [5, 5.41) is 0.398. The second kappa shape index (κ2) is 5.17. The molecule has 0 amide bonds. The Morgan fingerprint density at radius 2 is 2.21 bits per heavy atom. The van der Waals surface area contributed by atoms with Crippen LogP contribution in [0.1, 0.15) is 12.0 Å². The van der Waals surface area contributed by atoms with Crippen molar-refractivity contribution >= 4 is 11.6 Å². The highest BCUT2D eigenvalue weighted by Gasteiger charge is 2.09. The summed E-state index contributed by atoms with van der Waals surface area (Å²) in [5.74, 6) is 0.104. The van der Waals surface area contributed by atoms with Crippen molar-refractivity contribution in [1.82, 2.24) is 0 Å². The first kappa shape index (κ1) is 11.3. The summed E-state index contributed by atoms with van der Waals surface area (Å²) in [6, 6.07) is 2.94. The first-order valence-electron chi connectivity index (χ1n) is 4.41. The van der Waals surface area contributed by atoms with Gasteiger partial charge in [-0.25, -0.2) is 4.39 Å². The number of ether oxygens (including phenoxy) is 1. The zero-order valence-electron chi connectivity index (χ0n) is 8.02. The topological polar surface area (TPSA) is 35.2 Å². The maximum absolute atomic E-state index is 13.4. The van der Waals surface area contributed by atoms with Crippen molar-refractivity contribution in [2.75, 3.05) is 13.7 Å². The SMILES string of the molecule is COc1cc(F)c(CCCN)c(Cl)c1. The Kier molecular flexibility index (Phi) is 4.17. The largest absolute Gasteiger partial charge is 0.497 e. The minimum absolute atomic E-state index is 0.331. The molecular formula is C10H13ClFNO. The molecule has 4 heteroatoms. The van der Waals surface area contributed by atoms with E-state index in [2.05, 4.69) is 0 Å². The maximum Gasteiger partial charge on any atom is 0.131 e. The Bertz CT molecular complexity index is 294. The first-order chi connectivity index (χ1) is 6.69. The van der Waals surface area contributed by atoms with Gasteiger partial charge in [0, 0.05) is 11.6 Å². The van der Waals surface area contributed by atoms with Gasteiger partial charge in [0.15, 0.2) is 0 Å². The molecule has 0 aliphatic rings. The van der Waals surface area contributed by atoms with Crippen molar-refractivity contribution in [3.05, 3.63) is 28.5 Å². The van der Waals surface area contributed by atoms with E-state index in [0.29, 0.717) is 29.3 Å². The average Bonchev–Trinajstić information content (AvgIpc) is 2.16. The Labute approximate surface area is 87.8 Å². The molecule has 0 unspecified atom stereocenters. The molecule has 0 radical (unpaired) electrons. The van der Waals surface area contributed by atoms with Gasteiger partial charge in [-0.1, -0.05) is 11.6 Å². The summed E-state index contributed by atoms with van der Waals surface area (Å²) in [6.45, 7) is 0.530. The summed E-state index contributed by atoms with van der Waals surface area (Å²) in [6.07, 6.45) is 1.29. The maximum atomic E-state index is 13.4. The molecule has 2 N–H and O–H groups in total. The predicted molar refractivity (Wildman–Crippen MR) is 55.3 cm³/mol. The number of methoxy groups -OCH3 is 1. The second-order valence-corrected chi connectivity index (χ2v) is 3.37. The van der Waals surface area contributed by atoms with E-state index in [1.165, 1.54) is 13.2 Å². The number of hydrogen-bond acceptors (Lipinski definition) is 2. The summed E-state index contributed by atoms with van der Waals surface area (Å²) in [4.78, 5) is 0. The van der Waals surface area contributed by atoms with E-state index in [1.54, 1.807) is 6.07 Å². The number of halogens is 2. The fraction of sp³-hybridized carbons (Fsp3) is 0.400. The van der Waals surface area contributed by atoms with E-state index in [0.717, 1.165) is 6.42 Å². The predicted octanol–water partition coefficient (Wildman–Crippen LogP) is 2.38. The molecule has 1 rings (SSSR count). The third-order valence-electron chi connectivity index (χ3n) is 1.98. The molecule has 0 aliphatic heterocycles. The Morgan fingerprint density at radius 1 is 1.50 bits per heavy atom. The quantitative estimate of drug-likeness (QED) is 0.841. The zero-order chi connectivity index (χ0) is 10.6. The van der Waals surface area contributed by atoms with Crippen molar-refractivity contribution in [1.29, 1.82) is 0 Å². The molecule has 0 atom stereocenters. The van der Waals surface area contributed by atoms with Gasteiger partial charge in [0.2, 0.25) is 0 Å². The van der Waals surface area contributed by atoms with Crippen LogP contribution in [0.4, 0.5) is 4.39 Å². The third-order valence-corrected chi connectivity index (χ3v) is 2.32. The molecular weight excluding hydrogens is 205 g/mol. The lowest BCUT2D eigenvalue weighted by Gasteiger charge is -2.07. The fourth-order valence-electron chi connectivity index (χ4n) is 1.22. The molecule has 1 aromatic rings. The fourth-order valence-corrected chi connectivity index (χ4v) is 1.51. The lowest BCUT2D eigenvalue weighted by Crippen LogP contribution is -2.02. The highest BCUT2D eigenvalue weighted by atomic mass is 35.5. The molecule has 0 heterocycles. The van der Waals surface area contributed by atoms with Crippen LogP contribution in [0.5, 0.6) is 5.75 Å². The van der Waals surface area contributed by atoms with Crippen LogP contribution >= 0.6 is 11.6 Å². The van der Waals surface area contributed by atoms with Crippen LogP contribution in [0.2, 0.25) is 5.02 Å². The van der Waals surface area contributed by atoms with Crippen LogP contribution < -0.4 is 10.5 Å². The number of benzene rings is 1. The smallest absolute Gasteiger partial charge is 0.131 e. The van der Waals surface area contributed by atoms with E-state index in [4.69, 9.17) is 22.1 Å². The van der Waals surface area contributed by atoms with Gasteiger partial charge in [0.1, 0.15) is 11.6 Å². The summed E-state index contributed by atoms with van der Waals surface area (Å²) < 4.78 is 18.3. The van der Waals surface area contributed by atoms with Crippen LogP contribution in [-0.4, -0.2) is 13.7 Å². The number of nitrogens with two attached hydrogens (primary N) is 1. The molecule has 0 aliphatic carbocycles.